The first-order valence-corrected chi connectivity index (χ1v) is 6.94. The molecule has 0 aliphatic carbocycles. The number of aliphatic hydroxyl groups excluding tert-OH is 1. The molecule has 2 heterocycles. The van der Waals surface area contributed by atoms with Crippen molar-refractivity contribution in [3.63, 3.8) is 0 Å². The van der Waals surface area contributed by atoms with E-state index in [9.17, 15) is 9.90 Å². The molecule has 1 amide bonds. The summed E-state index contributed by atoms with van der Waals surface area (Å²) in [5.41, 5.74) is 0. The van der Waals surface area contributed by atoms with E-state index in [0.717, 1.165) is 30.1 Å². The first kappa shape index (κ1) is 11.4. The van der Waals surface area contributed by atoms with Crippen LogP contribution in [0.15, 0.2) is 0 Å². The van der Waals surface area contributed by atoms with Crippen LogP contribution < -0.4 is 0 Å². The number of carbonyl (C=O) groups is 1. The van der Waals surface area contributed by atoms with Crippen molar-refractivity contribution in [1.82, 2.24) is 4.90 Å². The minimum Gasteiger partial charge on any atom is -0.445 e. The Balaban J connectivity index is 2.09. The standard InChI is InChI=1S/C10H16INO3/c11-5-9-4-7-2-1-3-8(6-13)12(7)10(14)15-9/h7-9,13H,1-6H2/t7-,8-,9-/m0/s1. The van der Waals surface area contributed by atoms with Crippen LogP contribution in [0, 0.1) is 0 Å². The molecule has 2 rings (SSSR count). The highest BCUT2D eigenvalue weighted by Crippen LogP contribution is 2.31. The van der Waals surface area contributed by atoms with Gasteiger partial charge in [-0.25, -0.2) is 4.79 Å². The van der Waals surface area contributed by atoms with Gasteiger partial charge in [0, 0.05) is 16.9 Å². The predicted octanol–water partition coefficient (Wildman–Crippen LogP) is 1.55. The molecule has 15 heavy (non-hydrogen) atoms. The SMILES string of the molecule is O=C1O[C@H](CI)C[C@@H]2CCC[C@@H](CO)N12. The highest BCUT2D eigenvalue weighted by Gasteiger charge is 2.40. The molecule has 4 nitrogen and oxygen atoms in total. The fourth-order valence-electron chi connectivity index (χ4n) is 2.52. The Hall–Kier alpha value is -0.0400. The van der Waals surface area contributed by atoms with Crippen LogP contribution in [0.25, 0.3) is 0 Å². The van der Waals surface area contributed by atoms with Crippen molar-refractivity contribution in [2.24, 2.45) is 0 Å². The second kappa shape index (κ2) is 4.86. The number of amides is 1. The number of fused-ring (bicyclic) bond motifs is 1. The number of nitrogens with zero attached hydrogens (tertiary/aromatic N) is 1. The lowest BCUT2D eigenvalue weighted by Crippen LogP contribution is -2.57. The lowest BCUT2D eigenvalue weighted by atomic mass is 9.92. The number of ether oxygens (including phenoxy) is 1. The molecule has 0 unspecified atom stereocenters. The maximum absolute atomic E-state index is 11.8. The molecule has 0 radical (unpaired) electrons. The quantitative estimate of drug-likeness (QED) is 0.619. The smallest absolute Gasteiger partial charge is 0.410 e. The van der Waals surface area contributed by atoms with Crippen LogP contribution in [0.2, 0.25) is 0 Å². The molecule has 0 bridgehead atoms. The predicted molar refractivity (Wildman–Crippen MR) is 64.1 cm³/mol. The molecule has 0 aromatic heterocycles. The van der Waals surface area contributed by atoms with E-state index >= 15 is 0 Å². The van der Waals surface area contributed by atoms with Gasteiger partial charge in [-0.05, 0) is 19.3 Å². The summed E-state index contributed by atoms with van der Waals surface area (Å²) in [6.45, 7) is 0.0561. The second-order valence-corrected chi connectivity index (χ2v) is 5.10. The Morgan fingerprint density at radius 3 is 3.00 bits per heavy atom. The average molecular weight is 325 g/mol. The van der Waals surface area contributed by atoms with Gasteiger partial charge in [0.05, 0.1) is 12.6 Å². The largest absolute Gasteiger partial charge is 0.445 e. The van der Waals surface area contributed by atoms with Gasteiger partial charge in [-0.2, -0.15) is 0 Å². The topological polar surface area (TPSA) is 49.8 Å². The third-order valence-electron chi connectivity index (χ3n) is 3.26. The van der Waals surface area contributed by atoms with Gasteiger partial charge < -0.3 is 9.84 Å². The molecule has 0 saturated carbocycles. The number of rotatable bonds is 2. The van der Waals surface area contributed by atoms with E-state index in [0.29, 0.717) is 0 Å². The fourth-order valence-corrected chi connectivity index (χ4v) is 3.06. The Morgan fingerprint density at radius 2 is 2.33 bits per heavy atom. The van der Waals surface area contributed by atoms with E-state index in [1.165, 1.54) is 0 Å². The molecule has 2 aliphatic rings. The molecule has 0 aromatic rings. The normalized spacial score (nSPS) is 36.0. The average Bonchev–Trinajstić information content (AvgIpc) is 2.27. The monoisotopic (exact) mass is 325 g/mol. The summed E-state index contributed by atoms with van der Waals surface area (Å²) in [5.74, 6) is 0. The molecular formula is C10H16INO3. The molecular weight excluding hydrogens is 309 g/mol. The van der Waals surface area contributed by atoms with Crippen molar-refractivity contribution in [1.29, 1.82) is 0 Å². The summed E-state index contributed by atoms with van der Waals surface area (Å²) < 4.78 is 6.16. The van der Waals surface area contributed by atoms with Crippen LogP contribution in [0.4, 0.5) is 4.79 Å². The van der Waals surface area contributed by atoms with E-state index in [2.05, 4.69) is 22.6 Å². The molecule has 86 valence electrons. The zero-order valence-electron chi connectivity index (χ0n) is 8.56. The van der Waals surface area contributed by atoms with Gasteiger partial charge >= 0.3 is 6.09 Å². The maximum atomic E-state index is 11.8. The van der Waals surface area contributed by atoms with Crippen molar-refractivity contribution in [2.45, 2.75) is 43.9 Å². The summed E-state index contributed by atoms with van der Waals surface area (Å²) in [4.78, 5) is 13.5. The number of piperidine rings is 1. The third kappa shape index (κ3) is 2.22. The first-order valence-electron chi connectivity index (χ1n) is 5.42. The van der Waals surface area contributed by atoms with Crippen LogP contribution in [0.1, 0.15) is 25.7 Å². The molecule has 0 spiro atoms. The van der Waals surface area contributed by atoms with Crippen LogP contribution in [0.5, 0.6) is 0 Å². The molecule has 0 aromatic carbocycles. The zero-order valence-corrected chi connectivity index (χ0v) is 10.7. The van der Waals surface area contributed by atoms with Crippen molar-refractivity contribution in [2.75, 3.05) is 11.0 Å². The van der Waals surface area contributed by atoms with E-state index in [4.69, 9.17) is 4.74 Å². The fraction of sp³-hybridized carbons (Fsp3) is 0.900. The highest BCUT2D eigenvalue weighted by atomic mass is 127. The van der Waals surface area contributed by atoms with Gasteiger partial charge in [-0.3, -0.25) is 4.90 Å². The van der Waals surface area contributed by atoms with Gasteiger partial charge in [-0.15, -0.1) is 0 Å². The number of carbonyl (C=O) groups excluding carboxylic acids is 1. The van der Waals surface area contributed by atoms with E-state index in [1.54, 1.807) is 4.90 Å². The molecule has 2 fully saturated rings. The molecule has 2 saturated heterocycles. The number of hydrogen-bond acceptors (Lipinski definition) is 3. The Kier molecular flexibility index (Phi) is 3.71. The Morgan fingerprint density at radius 1 is 1.53 bits per heavy atom. The van der Waals surface area contributed by atoms with Crippen molar-refractivity contribution in [3.05, 3.63) is 0 Å². The minimum atomic E-state index is -0.230. The van der Waals surface area contributed by atoms with Crippen LogP contribution >= 0.6 is 22.6 Å². The molecule has 1 N–H and O–H groups in total. The van der Waals surface area contributed by atoms with Gasteiger partial charge in [0.1, 0.15) is 6.10 Å². The summed E-state index contributed by atoms with van der Waals surface area (Å²) >= 11 is 2.25. The van der Waals surface area contributed by atoms with E-state index in [1.807, 2.05) is 0 Å². The third-order valence-corrected chi connectivity index (χ3v) is 4.24. The number of hydrogen-bond donors (Lipinski definition) is 1. The lowest BCUT2D eigenvalue weighted by Gasteiger charge is -2.45. The zero-order chi connectivity index (χ0) is 10.8. The Bertz CT molecular complexity index is 249. The maximum Gasteiger partial charge on any atom is 0.410 e. The van der Waals surface area contributed by atoms with Gasteiger partial charge in [0.2, 0.25) is 0 Å². The highest BCUT2D eigenvalue weighted by molar-refractivity contribution is 14.1. The van der Waals surface area contributed by atoms with Crippen molar-refractivity contribution < 1.29 is 14.6 Å². The molecule has 2 aliphatic heterocycles. The second-order valence-electron chi connectivity index (χ2n) is 4.22. The van der Waals surface area contributed by atoms with Gasteiger partial charge in [0.25, 0.3) is 0 Å². The lowest BCUT2D eigenvalue weighted by molar-refractivity contribution is -0.0349. The van der Waals surface area contributed by atoms with Gasteiger partial charge in [0.15, 0.2) is 0 Å². The number of alkyl halides is 1. The van der Waals surface area contributed by atoms with Gasteiger partial charge in [-0.1, -0.05) is 22.6 Å². The first-order chi connectivity index (χ1) is 7.26. The summed E-state index contributed by atoms with van der Waals surface area (Å²) in [7, 11) is 0. The number of aliphatic hydroxyl groups is 1. The Labute approximate surface area is 103 Å². The van der Waals surface area contributed by atoms with E-state index in [-0.39, 0.29) is 30.9 Å². The van der Waals surface area contributed by atoms with E-state index < -0.39 is 0 Å². The van der Waals surface area contributed by atoms with Crippen LogP contribution in [0.3, 0.4) is 0 Å². The molecule has 5 heteroatoms. The number of halogens is 1. The number of cyclic esters (lactones) is 1. The van der Waals surface area contributed by atoms with Crippen LogP contribution in [-0.2, 0) is 4.74 Å². The summed E-state index contributed by atoms with van der Waals surface area (Å²) in [5, 5.41) is 9.22. The van der Waals surface area contributed by atoms with Crippen LogP contribution in [-0.4, -0.2) is 45.3 Å². The molecule has 3 atom stereocenters. The summed E-state index contributed by atoms with van der Waals surface area (Å²) in [6.07, 6.45) is 3.82. The van der Waals surface area contributed by atoms with Crippen molar-refractivity contribution >= 4 is 28.7 Å². The van der Waals surface area contributed by atoms with Crippen molar-refractivity contribution in [3.8, 4) is 0 Å². The minimum absolute atomic E-state index is 0.0218. The summed E-state index contributed by atoms with van der Waals surface area (Å²) in [6, 6.07) is 0.267.